The molecule has 0 spiro atoms. The number of carbonyl (C=O) groups excluding carboxylic acids is 1. The Morgan fingerprint density at radius 1 is 1.45 bits per heavy atom. The van der Waals surface area contributed by atoms with Gasteiger partial charge >= 0.3 is 5.97 Å². The van der Waals surface area contributed by atoms with E-state index >= 15 is 0 Å². The number of nitrogens with zero attached hydrogens (tertiary/aromatic N) is 2. The number of ether oxygens (including phenoxy) is 1. The number of nitrogen functional groups attached to an aromatic ring is 1. The lowest BCUT2D eigenvalue weighted by molar-refractivity contribution is 0.0490. The molecule has 2 N–H and O–H groups in total. The summed E-state index contributed by atoms with van der Waals surface area (Å²) in [6.07, 6.45) is 3.47. The first-order chi connectivity index (χ1) is 9.49. The van der Waals surface area contributed by atoms with Crippen LogP contribution >= 0.6 is 0 Å². The fourth-order valence-corrected chi connectivity index (χ4v) is 1.78. The minimum atomic E-state index is -0.589. The first-order valence-corrected chi connectivity index (χ1v) is 6.19. The Morgan fingerprint density at radius 3 is 2.80 bits per heavy atom. The lowest BCUT2D eigenvalue weighted by Crippen LogP contribution is -2.12. The van der Waals surface area contributed by atoms with Crippen LogP contribution in [0.1, 0.15) is 21.7 Å². The molecule has 2 rings (SSSR count). The first-order valence-electron chi connectivity index (χ1n) is 6.19. The molecule has 0 aliphatic carbocycles. The van der Waals surface area contributed by atoms with Gasteiger partial charge in [0, 0.05) is 23.6 Å². The molecule has 0 unspecified atom stereocenters. The standard InChI is InChI=1S/C14H16FN3O2/c1-9-12(15)7-11(8-13(9)16)14(19)20-6-5-18-4-3-17-10(18)2/h3-4,7-8H,5-6,16H2,1-2H3. The smallest absolute Gasteiger partial charge is 0.338 e. The zero-order valence-corrected chi connectivity index (χ0v) is 11.4. The third-order valence-electron chi connectivity index (χ3n) is 3.11. The molecule has 5 nitrogen and oxygen atoms in total. The molecule has 0 amide bonds. The summed E-state index contributed by atoms with van der Waals surface area (Å²) >= 11 is 0. The first kappa shape index (κ1) is 14.0. The van der Waals surface area contributed by atoms with E-state index in [0.29, 0.717) is 12.1 Å². The summed E-state index contributed by atoms with van der Waals surface area (Å²) in [5.74, 6) is -0.262. The van der Waals surface area contributed by atoms with Gasteiger partial charge in [0.25, 0.3) is 0 Å². The van der Waals surface area contributed by atoms with E-state index in [1.165, 1.54) is 6.07 Å². The van der Waals surface area contributed by atoms with Crippen molar-refractivity contribution in [3.8, 4) is 0 Å². The zero-order chi connectivity index (χ0) is 14.7. The Morgan fingerprint density at radius 2 is 2.20 bits per heavy atom. The zero-order valence-electron chi connectivity index (χ0n) is 11.4. The van der Waals surface area contributed by atoms with Crippen molar-refractivity contribution in [2.75, 3.05) is 12.3 Å². The van der Waals surface area contributed by atoms with Gasteiger partial charge in [-0.15, -0.1) is 0 Å². The van der Waals surface area contributed by atoms with Crippen LogP contribution in [0.2, 0.25) is 0 Å². The highest BCUT2D eigenvalue weighted by Gasteiger charge is 2.12. The SMILES string of the molecule is Cc1c(N)cc(C(=O)OCCn2ccnc2C)cc1F. The number of halogens is 1. The van der Waals surface area contributed by atoms with Gasteiger partial charge in [-0.1, -0.05) is 0 Å². The van der Waals surface area contributed by atoms with Crippen molar-refractivity contribution in [1.29, 1.82) is 0 Å². The lowest BCUT2D eigenvalue weighted by atomic mass is 10.1. The minimum Gasteiger partial charge on any atom is -0.460 e. The normalized spacial score (nSPS) is 10.6. The number of nitrogens with two attached hydrogens (primary N) is 1. The molecule has 0 aliphatic heterocycles. The molecular formula is C14H16FN3O2. The average Bonchev–Trinajstić information content (AvgIpc) is 2.81. The molecule has 0 aliphatic rings. The van der Waals surface area contributed by atoms with E-state index in [4.69, 9.17) is 10.5 Å². The number of carbonyl (C=O) groups is 1. The second-order valence-electron chi connectivity index (χ2n) is 4.48. The second-order valence-corrected chi connectivity index (χ2v) is 4.48. The maximum Gasteiger partial charge on any atom is 0.338 e. The number of hydrogen-bond acceptors (Lipinski definition) is 4. The van der Waals surface area contributed by atoms with Crippen LogP contribution in [0.5, 0.6) is 0 Å². The molecule has 1 heterocycles. The summed E-state index contributed by atoms with van der Waals surface area (Å²) in [7, 11) is 0. The number of rotatable bonds is 4. The maximum absolute atomic E-state index is 13.5. The third-order valence-corrected chi connectivity index (χ3v) is 3.11. The summed E-state index contributed by atoms with van der Waals surface area (Å²) in [5, 5.41) is 0. The summed E-state index contributed by atoms with van der Waals surface area (Å²) in [6, 6.07) is 2.56. The van der Waals surface area contributed by atoms with Gasteiger partial charge in [-0.25, -0.2) is 14.2 Å². The van der Waals surface area contributed by atoms with Crippen LogP contribution in [0, 0.1) is 19.7 Å². The third kappa shape index (κ3) is 2.96. The van der Waals surface area contributed by atoms with Gasteiger partial charge in [-0.3, -0.25) is 0 Å². The molecule has 0 atom stereocenters. The van der Waals surface area contributed by atoms with E-state index in [1.807, 2.05) is 11.5 Å². The Bertz CT molecular complexity index is 614. The van der Waals surface area contributed by atoms with Crippen molar-refractivity contribution in [3.63, 3.8) is 0 Å². The predicted octanol–water partition coefficient (Wildman–Crippen LogP) is 2.08. The molecule has 0 radical (unpaired) electrons. The fourth-order valence-electron chi connectivity index (χ4n) is 1.78. The highest BCUT2D eigenvalue weighted by molar-refractivity contribution is 5.90. The van der Waals surface area contributed by atoms with E-state index in [1.54, 1.807) is 19.3 Å². The van der Waals surface area contributed by atoms with Crippen molar-refractivity contribution in [2.45, 2.75) is 20.4 Å². The van der Waals surface area contributed by atoms with E-state index < -0.39 is 11.8 Å². The number of hydrogen-bond donors (Lipinski definition) is 1. The number of aromatic nitrogens is 2. The van der Waals surface area contributed by atoms with E-state index in [-0.39, 0.29) is 17.9 Å². The van der Waals surface area contributed by atoms with Crippen LogP contribution in [0.4, 0.5) is 10.1 Å². The minimum absolute atomic E-state index is 0.118. The Hall–Kier alpha value is -2.37. The van der Waals surface area contributed by atoms with Crippen LogP contribution in [0.25, 0.3) is 0 Å². The van der Waals surface area contributed by atoms with E-state index in [2.05, 4.69) is 4.98 Å². The monoisotopic (exact) mass is 277 g/mol. The van der Waals surface area contributed by atoms with Crippen molar-refractivity contribution in [1.82, 2.24) is 9.55 Å². The van der Waals surface area contributed by atoms with E-state index in [9.17, 15) is 9.18 Å². The van der Waals surface area contributed by atoms with E-state index in [0.717, 1.165) is 11.9 Å². The Balaban J connectivity index is 1.97. The van der Waals surface area contributed by atoms with Gasteiger partial charge in [-0.05, 0) is 26.0 Å². The quantitative estimate of drug-likeness (QED) is 0.686. The molecule has 0 fully saturated rings. The second kappa shape index (κ2) is 5.73. The fraction of sp³-hybridized carbons (Fsp3) is 0.286. The summed E-state index contributed by atoms with van der Waals surface area (Å²) in [4.78, 5) is 15.9. The number of benzene rings is 1. The van der Waals surface area contributed by atoms with Gasteiger partial charge < -0.3 is 15.0 Å². The summed E-state index contributed by atoms with van der Waals surface area (Å²) < 4.78 is 20.5. The number of anilines is 1. The highest BCUT2D eigenvalue weighted by atomic mass is 19.1. The number of aryl methyl sites for hydroxylation is 1. The molecule has 0 saturated heterocycles. The molecule has 0 bridgehead atoms. The lowest BCUT2D eigenvalue weighted by Gasteiger charge is -2.08. The Kier molecular flexibility index (Phi) is 4.02. The van der Waals surface area contributed by atoms with Gasteiger partial charge in [0.15, 0.2) is 0 Å². The molecule has 106 valence electrons. The highest BCUT2D eigenvalue weighted by Crippen LogP contribution is 2.18. The van der Waals surface area contributed by atoms with Gasteiger partial charge in [0.05, 0.1) is 12.1 Å². The molecular weight excluding hydrogens is 261 g/mol. The largest absolute Gasteiger partial charge is 0.460 e. The number of imidazole rings is 1. The molecule has 1 aromatic carbocycles. The summed E-state index contributed by atoms with van der Waals surface area (Å²) in [6.45, 7) is 4.10. The average molecular weight is 277 g/mol. The molecule has 2 aromatic rings. The van der Waals surface area contributed by atoms with Crippen LogP contribution < -0.4 is 5.73 Å². The molecule has 1 aromatic heterocycles. The van der Waals surface area contributed by atoms with Crippen LogP contribution in [-0.4, -0.2) is 22.1 Å². The van der Waals surface area contributed by atoms with Crippen molar-refractivity contribution in [2.24, 2.45) is 0 Å². The van der Waals surface area contributed by atoms with Crippen LogP contribution in [0.3, 0.4) is 0 Å². The van der Waals surface area contributed by atoms with Crippen molar-refractivity contribution in [3.05, 3.63) is 47.3 Å². The molecule has 20 heavy (non-hydrogen) atoms. The maximum atomic E-state index is 13.5. The number of esters is 1. The van der Waals surface area contributed by atoms with Crippen LogP contribution in [0.15, 0.2) is 24.5 Å². The van der Waals surface area contributed by atoms with Crippen molar-refractivity contribution >= 4 is 11.7 Å². The van der Waals surface area contributed by atoms with Crippen molar-refractivity contribution < 1.29 is 13.9 Å². The van der Waals surface area contributed by atoms with Gasteiger partial charge in [0.2, 0.25) is 0 Å². The molecule has 0 saturated carbocycles. The van der Waals surface area contributed by atoms with Gasteiger partial charge in [0.1, 0.15) is 18.2 Å². The predicted molar refractivity (Wildman–Crippen MR) is 72.8 cm³/mol. The van der Waals surface area contributed by atoms with Crippen LogP contribution in [-0.2, 0) is 11.3 Å². The Labute approximate surface area is 116 Å². The topological polar surface area (TPSA) is 70.1 Å². The summed E-state index contributed by atoms with van der Waals surface area (Å²) in [5.41, 5.74) is 6.31. The molecule has 6 heteroatoms. The van der Waals surface area contributed by atoms with Gasteiger partial charge in [-0.2, -0.15) is 0 Å².